The maximum atomic E-state index is 8.87. The van der Waals surface area contributed by atoms with Crippen LogP contribution in [0, 0.1) is 0 Å². The average molecular weight is 195 g/mol. The van der Waals surface area contributed by atoms with Gasteiger partial charge in [-0.05, 0) is 18.6 Å². The van der Waals surface area contributed by atoms with E-state index in [0.717, 1.165) is 12.1 Å². The minimum Gasteiger partial charge on any atom is -0.395 e. The van der Waals surface area contributed by atoms with Gasteiger partial charge in [0.2, 0.25) is 0 Å². The number of hydrogen-bond donors (Lipinski definition) is 2. The van der Waals surface area contributed by atoms with Gasteiger partial charge >= 0.3 is 0 Å². The quantitative estimate of drug-likeness (QED) is 0.677. The van der Waals surface area contributed by atoms with Gasteiger partial charge in [-0.1, -0.05) is 18.2 Å². The third-order valence-corrected chi connectivity index (χ3v) is 2.07. The summed E-state index contributed by atoms with van der Waals surface area (Å²) in [5.74, 6) is 0. The number of aliphatic hydroxyl groups is 2. The first-order chi connectivity index (χ1) is 6.88. The van der Waals surface area contributed by atoms with Crippen LogP contribution in [0.4, 0.5) is 0 Å². The van der Waals surface area contributed by atoms with Crippen LogP contribution in [0.15, 0.2) is 36.1 Å². The Labute approximate surface area is 84.7 Å². The van der Waals surface area contributed by atoms with Gasteiger partial charge < -0.3 is 15.1 Å². The SMILES string of the molecule is OCCN(CCO)C1=CC=CCC=C1. The van der Waals surface area contributed by atoms with Gasteiger partial charge in [0.05, 0.1) is 13.2 Å². The Bertz CT molecular complexity index is 238. The molecule has 0 unspecified atom stereocenters. The predicted molar refractivity (Wildman–Crippen MR) is 56.7 cm³/mol. The summed E-state index contributed by atoms with van der Waals surface area (Å²) in [5, 5.41) is 17.7. The topological polar surface area (TPSA) is 43.7 Å². The van der Waals surface area contributed by atoms with Crippen molar-refractivity contribution >= 4 is 0 Å². The van der Waals surface area contributed by atoms with Crippen molar-refractivity contribution in [2.24, 2.45) is 0 Å². The third-order valence-electron chi connectivity index (χ3n) is 2.07. The Morgan fingerprint density at radius 3 is 2.50 bits per heavy atom. The highest BCUT2D eigenvalue weighted by Gasteiger charge is 2.05. The van der Waals surface area contributed by atoms with E-state index >= 15 is 0 Å². The molecular formula is C11H17NO2. The van der Waals surface area contributed by atoms with E-state index < -0.39 is 0 Å². The van der Waals surface area contributed by atoms with Crippen LogP contribution in [-0.4, -0.2) is 41.4 Å². The normalized spacial score (nSPS) is 15.1. The summed E-state index contributed by atoms with van der Waals surface area (Å²) in [7, 11) is 0. The van der Waals surface area contributed by atoms with E-state index in [2.05, 4.69) is 12.2 Å². The van der Waals surface area contributed by atoms with Gasteiger partial charge in [-0.2, -0.15) is 0 Å². The molecule has 0 aromatic rings. The lowest BCUT2D eigenvalue weighted by Gasteiger charge is -2.23. The summed E-state index contributed by atoms with van der Waals surface area (Å²) in [4.78, 5) is 1.96. The van der Waals surface area contributed by atoms with E-state index in [-0.39, 0.29) is 13.2 Å². The third kappa shape index (κ3) is 3.36. The lowest BCUT2D eigenvalue weighted by molar-refractivity contribution is 0.192. The Kier molecular flexibility index (Phi) is 5.04. The van der Waals surface area contributed by atoms with E-state index in [1.54, 1.807) is 0 Å². The first-order valence-electron chi connectivity index (χ1n) is 4.88. The van der Waals surface area contributed by atoms with Gasteiger partial charge in [-0.15, -0.1) is 0 Å². The lowest BCUT2D eigenvalue weighted by atomic mass is 10.3. The maximum Gasteiger partial charge on any atom is 0.0606 e. The molecular weight excluding hydrogens is 178 g/mol. The van der Waals surface area contributed by atoms with Crippen molar-refractivity contribution in [1.82, 2.24) is 4.90 Å². The summed E-state index contributed by atoms with van der Waals surface area (Å²) in [6.45, 7) is 1.33. The Morgan fingerprint density at radius 2 is 1.86 bits per heavy atom. The Hall–Kier alpha value is -1.06. The molecule has 1 aliphatic rings. The minimum absolute atomic E-state index is 0.106. The molecule has 0 bridgehead atoms. The molecule has 0 heterocycles. The number of allylic oxidation sites excluding steroid dienone is 5. The first-order valence-corrected chi connectivity index (χ1v) is 4.88. The van der Waals surface area contributed by atoms with E-state index in [1.807, 2.05) is 23.1 Å². The second-order valence-corrected chi connectivity index (χ2v) is 3.09. The molecule has 1 aliphatic carbocycles. The average Bonchev–Trinajstić information content (AvgIpc) is 2.45. The van der Waals surface area contributed by atoms with Crippen molar-refractivity contribution in [3.63, 3.8) is 0 Å². The van der Waals surface area contributed by atoms with E-state index in [9.17, 15) is 0 Å². The van der Waals surface area contributed by atoms with Crippen molar-refractivity contribution < 1.29 is 10.2 Å². The Balaban J connectivity index is 2.65. The van der Waals surface area contributed by atoms with Gasteiger partial charge in [0.25, 0.3) is 0 Å². The van der Waals surface area contributed by atoms with Crippen molar-refractivity contribution in [2.75, 3.05) is 26.3 Å². The van der Waals surface area contributed by atoms with E-state index in [4.69, 9.17) is 10.2 Å². The molecule has 0 saturated carbocycles. The molecule has 0 aliphatic heterocycles. The van der Waals surface area contributed by atoms with Crippen LogP contribution in [0.2, 0.25) is 0 Å². The maximum absolute atomic E-state index is 8.87. The summed E-state index contributed by atoms with van der Waals surface area (Å²) in [6.07, 6.45) is 11.1. The molecule has 78 valence electrons. The zero-order valence-electron chi connectivity index (χ0n) is 8.26. The van der Waals surface area contributed by atoms with Crippen molar-refractivity contribution in [3.8, 4) is 0 Å². The predicted octanol–water partition coefficient (Wildman–Crippen LogP) is 0.673. The lowest BCUT2D eigenvalue weighted by Crippen LogP contribution is -2.28. The summed E-state index contributed by atoms with van der Waals surface area (Å²) in [6, 6.07) is 0. The molecule has 0 aromatic carbocycles. The summed E-state index contributed by atoms with van der Waals surface area (Å²) < 4.78 is 0. The second-order valence-electron chi connectivity index (χ2n) is 3.09. The van der Waals surface area contributed by atoms with Gasteiger partial charge in [-0.3, -0.25) is 0 Å². The molecule has 0 atom stereocenters. The molecule has 0 radical (unpaired) electrons. The zero-order chi connectivity index (χ0) is 10.2. The van der Waals surface area contributed by atoms with Crippen LogP contribution in [0.25, 0.3) is 0 Å². The fourth-order valence-corrected chi connectivity index (χ4v) is 1.39. The molecule has 0 fully saturated rings. The zero-order valence-corrected chi connectivity index (χ0v) is 8.26. The number of nitrogens with zero attached hydrogens (tertiary/aromatic N) is 1. The van der Waals surface area contributed by atoms with Crippen LogP contribution < -0.4 is 0 Å². The monoisotopic (exact) mass is 195 g/mol. The standard InChI is InChI=1S/C11H17NO2/c13-9-7-12(8-10-14)11-5-3-1-2-4-6-11/h1,3-6,13-14H,2,7-10H2. The molecule has 3 nitrogen and oxygen atoms in total. The summed E-state index contributed by atoms with van der Waals surface area (Å²) in [5.41, 5.74) is 1.04. The molecule has 0 amide bonds. The van der Waals surface area contributed by atoms with Gasteiger partial charge in [0, 0.05) is 18.8 Å². The smallest absolute Gasteiger partial charge is 0.0606 e. The number of rotatable bonds is 5. The van der Waals surface area contributed by atoms with Crippen LogP contribution in [-0.2, 0) is 0 Å². The molecule has 2 N–H and O–H groups in total. The molecule has 0 saturated heterocycles. The largest absolute Gasteiger partial charge is 0.395 e. The second kappa shape index (κ2) is 6.40. The highest BCUT2D eigenvalue weighted by atomic mass is 16.3. The van der Waals surface area contributed by atoms with Crippen molar-refractivity contribution in [2.45, 2.75) is 6.42 Å². The van der Waals surface area contributed by atoms with Crippen molar-refractivity contribution in [1.29, 1.82) is 0 Å². The van der Waals surface area contributed by atoms with Gasteiger partial charge in [0.15, 0.2) is 0 Å². The molecule has 14 heavy (non-hydrogen) atoms. The van der Waals surface area contributed by atoms with Gasteiger partial charge in [-0.25, -0.2) is 0 Å². The van der Waals surface area contributed by atoms with Crippen LogP contribution in [0.5, 0.6) is 0 Å². The fourth-order valence-electron chi connectivity index (χ4n) is 1.39. The number of hydrogen-bond acceptors (Lipinski definition) is 3. The first kappa shape index (κ1) is 11.0. The molecule has 1 rings (SSSR count). The van der Waals surface area contributed by atoms with Crippen LogP contribution in [0.3, 0.4) is 0 Å². The van der Waals surface area contributed by atoms with E-state index in [1.165, 1.54) is 0 Å². The van der Waals surface area contributed by atoms with Crippen LogP contribution in [0.1, 0.15) is 6.42 Å². The van der Waals surface area contributed by atoms with Gasteiger partial charge in [0.1, 0.15) is 0 Å². The highest BCUT2D eigenvalue weighted by Crippen LogP contribution is 2.09. The number of aliphatic hydroxyl groups excluding tert-OH is 2. The van der Waals surface area contributed by atoms with E-state index in [0.29, 0.717) is 13.1 Å². The van der Waals surface area contributed by atoms with Crippen LogP contribution >= 0.6 is 0 Å². The Morgan fingerprint density at radius 1 is 1.14 bits per heavy atom. The fraction of sp³-hybridized carbons (Fsp3) is 0.455. The minimum atomic E-state index is 0.106. The highest BCUT2D eigenvalue weighted by molar-refractivity contribution is 5.26. The summed E-state index contributed by atoms with van der Waals surface area (Å²) >= 11 is 0. The molecule has 0 aromatic heterocycles. The molecule has 0 spiro atoms. The molecule has 3 heteroatoms. The van der Waals surface area contributed by atoms with Crippen molar-refractivity contribution in [3.05, 3.63) is 36.1 Å².